The number of nitrogens with zero attached hydrogens (tertiary/aromatic N) is 1. The second-order valence-corrected chi connectivity index (χ2v) is 8.58. The molecule has 8 nitrogen and oxygen atoms in total. The number of nitrogen functional groups attached to an aromatic ring is 2. The van der Waals surface area contributed by atoms with Crippen molar-refractivity contribution in [2.24, 2.45) is 10.7 Å². The summed E-state index contributed by atoms with van der Waals surface area (Å²) in [6.07, 6.45) is 1.08. The van der Waals surface area contributed by atoms with E-state index in [-0.39, 0.29) is 5.82 Å². The molecule has 1 unspecified atom stereocenters. The van der Waals surface area contributed by atoms with E-state index in [1.54, 1.807) is 24.3 Å². The molecule has 0 bridgehead atoms. The van der Waals surface area contributed by atoms with E-state index in [0.29, 0.717) is 22.6 Å². The summed E-state index contributed by atoms with van der Waals surface area (Å²) in [4.78, 5) is 4.20. The van der Waals surface area contributed by atoms with Gasteiger partial charge in [-0.25, -0.2) is 9.38 Å². The van der Waals surface area contributed by atoms with E-state index in [2.05, 4.69) is 26.3 Å². The largest absolute Gasteiger partial charge is 0.397 e. The molecule has 9 heteroatoms. The number of allylic oxidation sites excluding steroid dienone is 1. The zero-order valence-electron chi connectivity index (χ0n) is 19.9. The molecule has 4 aromatic rings. The molecule has 1 aliphatic rings. The molecule has 4 aromatic carbocycles. The number of nitrogens with one attached hydrogen (secondary N) is 4. The lowest BCUT2D eigenvalue weighted by Crippen LogP contribution is -2.51. The van der Waals surface area contributed by atoms with Crippen molar-refractivity contribution in [2.75, 3.05) is 27.4 Å². The highest BCUT2D eigenvalue weighted by molar-refractivity contribution is 5.81. The van der Waals surface area contributed by atoms with Crippen LogP contribution in [0.15, 0.2) is 114 Å². The number of rotatable bonds is 7. The van der Waals surface area contributed by atoms with Crippen LogP contribution >= 0.6 is 0 Å². The summed E-state index contributed by atoms with van der Waals surface area (Å²) in [7, 11) is 0. The molecule has 37 heavy (non-hydrogen) atoms. The third kappa shape index (κ3) is 5.31. The average molecular weight is 495 g/mol. The van der Waals surface area contributed by atoms with Gasteiger partial charge in [0.2, 0.25) is 5.79 Å². The Kier molecular flexibility index (Phi) is 6.36. The number of anilines is 7. The molecular weight excluding hydrogens is 467 g/mol. The Hall–Kier alpha value is -5.02. The predicted molar refractivity (Wildman–Crippen MR) is 150 cm³/mol. The van der Waals surface area contributed by atoms with Gasteiger partial charge in [-0.3, -0.25) is 5.73 Å². The standard InChI is InChI=1S/C28H27FN8/c29-22-17-33-28(32,18-11-13-25(23(30)15-18)34-19-7-3-1-4-8-19)37-27(22)36-21-12-14-26(24(31)16-21)35-20-9-5-2-6-10-20/h1-17,34-37H,30-32H2. The van der Waals surface area contributed by atoms with Crippen molar-refractivity contribution in [3.05, 3.63) is 114 Å². The number of benzene rings is 4. The molecule has 0 saturated heterocycles. The van der Waals surface area contributed by atoms with Gasteiger partial charge in [0, 0.05) is 22.6 Å². The summed E-state index contributed by atoms with van der Waals surface area (Å²) in [6.45, 7) is 0. The van der Waals surface area contributed by atoms with Crippen LogP contribution in [0.3, 0.4) is 0 Å². The van der Waals surface area contributed by atoms with Crippen LogP contribution in [-0.2, 0) is 5.79 Å². The van der Waals surface area contributed by atoms with Gasteiger partial charge in [0.25, 0.3) is 0 Å². The number of para-hydroxylation sites is 2. The highest BCUT2D eigenvalue weighted by Gasteiger charge is 2.32. The van der Waals surface area contributed by atoms with Gasteiger partial charge in [-0.2, -0.15) is 0 Å². The van der Waals surface area contributed by atoms with Crippen LogP contribution in [0.5, 0.6) is 0 Å². The van der Waals surface area contributed by atoms with Crippen LogP contribution in [-0.4, -0.2) is 6.21 Å². The Balaban J connectivity index is 1.31. The average Bonchev–Trinajstić information content (AvgIpc) is 2.90. The van der Waals surface area contributed by atoms with E-state index in [0.717, 1.165) is 29.0 Å². The molecule has 1 aliphatic heterocycles. The molecule has 0 aliphatic carbocycles. The Morgan fingerprint density at radius 3 is 1.81 bits per heavy atom. The first kappa shape index (κ1) is 23.7. The highest BCUT2D eigenvalue weighted by Crippen LogP contribution is 2.31. The maximum absolute atomic E-state index is 14.7. The summed E-state index contributed by atoms with van der Waals surface area (Å²) in [5, 5.41) is 12.5. The third-order valence-electron chi connectivity index (χ3n) is 5.85. The van der Waals surface area contributed by atoms with Crippen molar-refractivity contribution in [1.29, 1.82) is 0 Å². The number of halogens is 1. The number of hydrogen-bond acceptors (Lipinski definition) is 8. The van der Waals surface area contributed by atoms with Crippen LogP contribution < -0.4 is 38.5 Å². The summed E-state index contributed by atoms with van der Waals surface area (Å²) in [5.41, 5.74) is 24.4. The van der Waals surface area contributed by atoms with E-state index in [9.17, 15) is 4.39 Å². The Bertz CT molecular complexity index is 1470. The molecule has 0 amide bonds. The van der Waals surface area contributed by atoms with Gasteiger partial charge >= 0.3 is 0 Å². The van der Waals surface area contributed by atoms with Gasteiger partial charge in [0.1, 0.15) is 5.82 Å². The van der Waals surface area contributed by atoms with Crippen molar-refractivity contribution in [3.8, 4) is 0 Å². The van der Waals surface area contributed by atoms with Crippen LogP contribution in [0.25, 0.3) is 0 Å². The first-order valence-corrected chi connectivity index (χ1v) is 11.6. The summed E-state index contributed by atoms with van der Waals surface area (Å²) in [6, 6.07) is 30.0. The monoisotopic (exact) mass is 494 g/mol. The topological polar surface area (TPSA) is 139 Å². The van der Waals surface area contributed by atoms with E-state index < -0.39 is 11.6 Å². The van der Waals surface area contributed by atoms with E-state index >= 15 is 0 Å². The van der Waals surface area contributed by atoms with E-state index in [4.69, 9.17) is 17.2 Å². The number of nitrogens with two attached hydrogens (primary N) is 3. The Labute approximate surface area is 214 Å². The quantitative estimate of drug-likeness (QED) is 0.172. The van der Waals surface area contributed by atoms with Crippen LogP contribution in [0.1, 0.15) is 5.56 Å². The van der Waals surface area contributed by atoms with Gasteiger partial charge in [-0.05, 0) is 54.6 Å². The zero-order chi connectivity index (χ0) is 25.8. The van der Waals surface area contributed by atoms with Crippen molar-refractivity contribution in [2.45, 2.75) is 5.79 Å². The van der Waals surface area contributed by atoms with Crippen LogP contribution in [0, 0.1) is 0 Å². The van der Waals surface area contributed by atoms with Crippen molar-refractivity contribution < 1.29 is 4.39 Å². The maximum atomic E-state index is 14.7. The lowest BCUT2D eigenvalue weighted by Gasteiger charge is -2.32. The first-order valence-electron chi connectivity index (χ1n) is 11.6. The molecule has 186 valence electrons. The minimum Gasteiger partial charge on any atom is -0.397 e. The SMILES string of the molecule is Nc1cc(NC2=C(F)C=NC(N)(c3ccc(Nc4ccccc4)c(N)c3)N2)ccc1Nc1ccccc1. The van der Waals surface area contributed by atoms with Gasteiger partial charge in [-0.15, -0.1) is 0 Å². The van der Waals surface area contributed by atoms with Crippen LogP contribution in [0.2, 0.25) is 0 Å². The minimum absolute atomic E-state index is 0.0609. The first-order chi connectivity index (χ1) is 17.9. The second kappa shape index (κ2) is 9.92. The molecule has 10 N–H and O–H groups in total. The van der Waals surface area contributed by atoms with Crippen LogP contribution in [0.4, 0.5) is 44.2 Å². The lowest BCUT2D eigenvalue weighted by molar-refractivity contribution is 0.387. The molecule has 0 radical (unpaired) electrons. The summed E-state index contributed by atoms with van der Waals surface area (Å²) >= 11 is 0. The molecular formula is C28H27FN8. The predicted octanol–water partition coefficient (Wildman–Crippen LogP) is 5.33. The van der Waals surface area contributed by atoms with Crippen molar-refractivity contribution in [3.63, 3.8) is 0 Å². The zero-order valence-corrected chi connectivity index (χ0v) is 19.9. The summed E-state index contributed by atoms with van der Waals surface area (Å²) in [5.74, 6) is -1.97. The molecule has 0 aromatic heterocycles. The van der Waals surface area contributed by atoms with Crippen molar-refractivity contribution >= 4 is 46.0 Å². The highest BCUT2D eigenvalue weighted by atomic mass is 19.1. The molecule has 0 saturated carbocycles. The Morgan fingerprint density at radius 2 is 1.24 bits per heavy atom. The number of aliphatic imine (C=N–C) groups is 1. The van der Waals surface area contributed by atoms with Crippen molar-refractivity contribution in [1.82, 2.24) is 5.32 Å². The molecule has 1 atom stereocenters. The fraction of sp³-hybridized carbons (Fsp3) is 0.0357. The van der Waals surface area contributed by atoms with Gasteiger partial charge in [0.15, 0.2) is 5.83 Å². The smallest absolute Gasteiger partial charge is 0.210 e. The maximum Gasteiger partial charge on any atom is 0.210 e. The van der Waals surface area contributed by atoms with Gasteiger partial charge in [0.05, 0.1) is 29.0 Å². The fourth-order valence-electron chi connectivity index (χ4n) is 3.91. The third-order valence-corrected chi connectivity index (χ3v) is 5.85. The normalized spacial score (nSPS) is 16.7. The molecule has 0 spiro atoms. The molecule has 5 rings (SSSR count). The fourth-order valence-corrected chi connectivity index (χ4v) is 3.91. The lowest BCUT2D eigenvalue weighted by atomic mass is 10.1. The van der Waals surface area contributed by atoms with Gasteiger partial charge in [-0.1, -0.05) is 42.5 Å². The summed E-state index contributed by atoms with van der Waals surface area (Å²) < 4.78 is 14.7. The van der Waals surface area contributed by atoms with E-state index in [1.165, 1.54) is 0 Å². The molecule has 0 fully saturated rings. The molecule has 1 heterocycles. The minimum atomic E-state index is -1.43. The van der Waals surface area contributed by atoms with Gasteiger partial charge < -0.3 is 32.7 Å². The van der Waals surface area contributed by atoms with E-state index in [1.807, 2.05) is 72.8 Å². The Morgan fingerprint density at radius 1 is 0.676 bits per heavy atom. The number of hydrogen-bond donors (Lipinski definition) is 7. The second-order valence-electron chi connectivity index (χ2n) is 8.58.